The van der Waals surface area contributed by atoms with Crippen LogP contribution in [0.1, 0.15) is 18.9 Å². The van der Waals surface area contributed by atoms with Gasteiger partial charge >= 0.3 is 6.18 Å². The Morgan fingerprint density at radius 1 is 1.41 bits per heavy atom. The standard InChI is InChI=1S/C13H11Cl2F3N2O2/c1-7-6-12(22,13(16,17)18)20(19-7)11(21)5-8-9(14)3-2-4-10(8)15/h2-4,22H,5-6H2,1H3/t12-/m1/s1. The van der Waals surface area contributed by atoms with Gasteiger partial charge in [-0.3, -0.25) is 4.79 Å². The molecule has 120 valence electrons. The second-order valence-corrected chi connectivity index (χ2v) is 5.72. The average Bonchev–Trinajstić information content (AvgIpc) is 2.70. The monoisotopic (exact) mass is 354 g/mol. The van der Waals surface area contributed by atoms with Gasteiger partial charge in [0.1, 0.15) is 0 Å². The molecule has 2 rings (SSSR count). The van der Waals surface area contributed by atoms with Gasteiger partial charge in [-0.15, -0.1) is 0 Å². The van der Waals surface area contributed by atoms with E-state index in [4.69, 9.17) is 23.2 Å². The van der Waals surface area contributed by atoms with Crippen molar-refractivity contribution in [3.8, 4) is 0 Å². The van der Waals surface area contributed by atoms with Crippen molar-refractivity contribution in [3.05, 3.63) is 33.8 Å². The van der Waals surface area contributed by atoms with Crippen LogP contribution in [0.2, 0.25) is 10.0 Å². The smallest absolute Gasteiger partial charge is 0.362 e. The average molecular weight is 355 g/mol. The SMILES string of the molecule is CC1=NN(C(=O)Cc2c(Cl)cccc2Cl)[C@](O)(C(F)(F)F)C1. The molecule has 0 unspecified atom stereocenters. The van der Waals surface area contributed by atoms with Gasteiger partial charge in [-0.1, -0.05) is 29.3 Å². The predicted octanol–water partition coefficient (Wildman–Crippen LogP) is 3.40. The van der Waals surface area contributed by atoms with Crippen LogP contribution < -0.4 is 0 Å². The maximum Gasteiger partial charge on any atom is 0.438 e. The number of carbonyl (C=O) groups excluding carboxylic acids is 1. The third-order valence-corrected chi connectivity index (χ3v) is 3.91. The van der Waals surface area contributed by atoms with Gasteiger partial charge in [0.2, 0.25) is 5.91 Å². The topological polar surface area (TPSA) is 52.9 Å². The summed E-state index contributed by atoms with van der Waals surface area (Å²) in [4.78, 5) is 12.2. The highest BCUT2D eigenvalue weighted by atomic mass is 35.5. The van der Waals surface area contributed by atoms with E-state index in [2.05, 4.69) is 5.10 Å². The minimum Gasteiger partial charge on any atom is -0.362 e. The Balaban J connectivity index is 2.32. The molecule has 0 aromatic heterocycles. The summed E-state index contributed by atoms with van der Waals surface area (Å²) < 4.78 is 39.2. The van der Waals surface area contributed by atoms with Gasteiger partial charge in [0.25, 0.3) is 5.72 Å². The van der Waals surface area contributed by atoms with Crippen molar-refractivity contribution in [2.24, 2.45) is 5.10 Å². The highest BCUT2D eigenvalue weighted by Gasteiger charge is 2.62. The Morgan fingerprint density at radius 3 is 2.45 bits per heavy atom. The molecule has 0 radical (unpaired) electrons. The third-order valence-electron chi connectivity index (χ3n) is 3.20. The molecule has 1 aliphatic heterocycles. The molecule has 1 amide bonds. The van der Waals surface area contributed by atoms with E-state index >= 15 is 0 Å². The maximum atomic E-state index is 13.1. The third kappa shape index (κ3) is 2.93. The number of benzene rings is 1. The molecule has 4 nitrogen and oxygen atoms in total. The van der Waals surface area contributed by atoms with Crippen LogP contribution in [0.15, 0.2) is 23.3 Å². The molecule has 1 aromatic rings. The second-order valence-electron chi connectivity index (χ2n) is 4.91. The molecule has 9 heteroatoms. The number of amides is 1. The van der Waals surface area contributed by atoms with Crippen LogP contribution in [0.4, 0.5) is 13.2 Å². The number of hydrazone groups is 1. The number of aliphatic hydroxyl groups is 1. The highest BCUT2D eigenvalue weighted by molar-refractivity contribution is 6.36. The van der Waals surface area contributed by atoms with Gasteiger partial charge in [0, 0.05) is 22.2 Å². The molecule has 0 saturated carbocycles. The lowest BCUT2D eigenvalue weighted by atomic mass is 10.1. The van der Waals surface area contributed by atoms with Crippen molar-refractivity contribution < 1.29 is 23.1 Å². The molecule has 0 spiro atoms. The molecular weight excluding hydrogens is 344 g/mol. The summed E-state index contributed by atoms with van der Waals surface area (Å²) in [5.74, 6) is -1.05. The summed E-state index contributed by atoms with van der Waals surface area (Å²) >= 11 is 11.8. The Bertz CT molecular complexity index is 628. The number of hydrogen-bond donors (Lipinski definition) is 1. The molecule has 0 saturated heterocycles. The van der Waals surface area contributed by atoms with Crippen molar-refractivity contribution >= 4 is 34.8 Å². The lowest BCUT2D eigenvalue weighted by Gasteiger charge is -2.32. The van der Waals surface area contributed by atoms with Crippen LogP contribution in [0.25, 0.3) is 0 Å². The number of alkyl halides is 3. The van der Waals surface area contributed by atoms with Gasteiger partial charge in [0.05, 0.1) is 6.42 Å². The van der Waals surface area contributed by atoms with E-state index in [0.29, 0.717) is 0 Å². The van der Waals surface area contributed by atoms with Gasteiger partial charge in [-0.25, -0.2) is 0 Å². The second kappa shape index (κ2) is 5.72. The Morgan fingerprint density at radius 2 is 1.95 bits per heavy atom. The minimum absolute atomic E-state index is 0.00145. The Kier molecular flexibility index (Phi) is 4.43. The van der Waals surface area contributed by atoms with Crippen LogP contribution in [-0.2, 0) is 11.2 Å². The summed E-state index contributed by atoms with van der Waals surface area (Å²) in [5.41, 5.74) is -3.17. The first-order valence-corrected chi connectivity index (χ1v) is 6.91. The van der Waals surface area contributed by atoms with Gasteiger partial charge in [0.15, 0.2) is 0 Å². The van der Waals surface area contributed by atoms with E-state index < -0.39 is 30.7 Å². The summed E-state index contributed by atoms with van der Waals surface area (Å²) in [5, 5.41) is 13.7. The zero-order valence-electron chi connectivity index (χ0n) is 11.3. The molecule has 1 atom stereocenters. The largest absolute Gasteiger partial charge is 0.438 e. The van der Waals surface area contributed by atoms with Crippen LogP contribution >= 0.6 is 23.2 Å². The molecule has 22 heavy (non-hydrogen) atoms. The molecule has 1 N–H and O–H groups in total. The van der Waals surface area contributed by atoms with Gasteiger partial charge in [-0.05, 0) is 24.6 Å². The zero-order chi connectivity index (χ0) is 16.7. The van der Waals surface area contributed by atoms with Crippen molar-refractivity contribution in [3.63, 3.8) is 0 Å². The molecule has 0 bridgehead atoms. The summed E-state index contributed by atoms with van der Waals surface area (Å²) in [6.07, 6.45) is -6.33. The van der Waals surface area contributed by atoms with E-state index in [9.17, 15) is 23.1 Å². The zero-order valence-corrected chi connectivity index (χ0v) is 12.8. The summed E-state index contributed by atoms with van der Waals surface area (Å²) in [6.45, 7) is 1.30. The van der Waals surface area contributed by atoms with E-state index in [1.807, 2.05) is 0 Å². The Hall–Kier alpha value is -1.31. The first-order valence-electron chi connectivity index (χ1n) is 6.15. The van der Waals surface area contributed by atoms with Crippen molar-refractivity contribution in [1.82, 2.24) is 5.01 Å². The van der Waals surface area contributed by atoms with Gasteiger partial charge < -0.3 is 5.11 Å². The number of halogens is 5. The number of hydrogen-bond acceptors (Lipinski definition) is 3. The number of carbonyl (C=O) groups is 1. The lowest BCUT2D eigenvalue weighted by Crippen LogP contribution is -2.57. The lowest BCUT2D eigenvalue weighted by molar-refractivity contribution is -0.302. The fourth-order valence-corrected chi connectivity index (χ4v) is 2.66. The summed E-state index contributed by atoms with van der Waals surface area (Å²) in [7, 11) is 0. The first-order chi connectivity index (χ1) is 10.1. The first kappa shape index (κ1) is 17.1. The molecule has 1 heterocycles. The van der Waals surface area contributed by atoms with E-state index in [-0.39, 0.29) is 26.3 Å². The van der Waals surface area contributed by atoms with E-state index in [1.165, 1.54) is 19.1 Å². The molecule has 1 aliphatic rings. The predicted molar refractivity (Wildman–Crippen MR) is 75.7 cm³/mol. The molecule has 0 aliphatic carbocycles. The molecule has 1 aromatic carbocycles. The molecular formula is C13H11Cl2F3N2O2. The van der Waals surface area contributed by atoms with Crippen LogP contribution in [0.5, 0.6) is 0 Å². The highest BCUT2D eigenvalue weighted by Crippen LogP contribution is 2.40. The van der Waals surface area contributed by atoms with Crippen molar-refractivity contribution in [2.75, 3.05) is 0 Å². The number of rotatable bonds is 2. The van der Waals surface area contributed by atoms with E-state index in [0.717, 1.165) is 0 Å². The minimum atomic E-state index is -5.03. The fraction of sp³-hybridized carbons (Fsp3) is 0.385. The van der Waals surface area contributed by atoms with Crippen LogP contribution in [0, 0.1) is 0 Å². The number of nitrogens with zero attached hydrogens (tertiary/aromatic N) is 2. The normalized spacial score (nSPS) is 22.0. The molecule has 0 fully saturated rings. The quantitative estimate of drug-likeness (QED) is 0.884. The van der Waals surface area contributed by atoms with Crippen molar-refractivity contribution in [2.45, 2.75) is 31.7 Å². The van der Waals surface area contributed by atoms with Gasteiger partial charge in [-0.2, -0.15) is 23.3 Å². The van der Waals surface area contributed by atoms with E-state index in [1.54, 1.807) is 6.07 Å². The van der Waals surface area contributed by atoms with Crippen LogP contribution in [0.3, 0.4) is 0 Å². The van der Waals surface area contributed by atoms with Crippen LogP contribution in [-0.4, -0.2) is 33.6 Å². The Labute approximate surface area is 134 Å². The maximum absolute atomic E-state index is 13.1. The van der Waals surface area contributed by atoms with Crippen molar-refractivity contribution in [1.29, 1.82) is 0 Å². The summed E-state index contributed by atoms with van der Waals surface area (Å²) in [6, 6.07) is 4.47. The fourth-order valence-electron chi connectivity index (χ4n) is 2.13.